The molecule has 192 valence electrons. The van der Waals surface area contributed by atoms with Crippen LogP contribution in [0.2, 0.25) is 0 Å². The van der Waals surface area contributed by atoms with E-state index in [0.717, 1.165) is 37.6 Å². The topological polar surface area (TPSA) is 85.1 Å². The maximum atomic E-state index is 14.1. The zero-order valence-electron chi connectivity index (χ0n) is 20.9. The molecular formula is C31H22BrN3O3S. The lowest BCUT2D eigenvalue weighted by Gasteiger charge is -2.52. The van der Waals surface area contributed by atoms with Gasteiger partial charge in [-0.15, -0.1) is 11.3 Å². The highest BCUT2D eigenvalue weighted by atomic mass is 79.9. The third-order valence-corrected chi connectivity index (χ3v) is 9.85. The number of nitro groups is 1. The molecule has 1 N–H and O–H groups in total. The van der Waals surface area contributed by atoms with Gasteiger partial charge in [0.05, 0.1) is 11.1 Å². The summed E-state index contributed by atoms with van der Waals surface area (Å²) in [7, 11) is 0. The molecule has 3 aliphatic rings. The number of thiazole rings is 1. The molecule has 0 saturated heterocycles. The van der Waals surface area contributed by atoms with Gasteiger partial charge in [-0.2, -0.15) is 0 Å². The summed E-state index contributed by atoms with van der Waals surface area (Å²) >= 11 is 4.98. The van der Waals surface area contributed by atoms with Gasteiger partial charge in [0.25, 0.3) is 5.54 Å². The summed E-state index contributed by atoms with van der Waals surface area (Å²) in [6.07, 6.45) is 0.0765. The van der Waals surface area contributed by atoms with E-state index in [9.17, 15) is 14.9 Å². The SMILES string of the molecule is CC1(C(=O)Nc2nc(-c3ccc(Br)c4ccccc34)cs2)CC2([N+](=O)[O-])c3ccccc3C1c1ccccc12. The second kappa shape index (κ2) is 8.56. The van der Waals surface area contributed by atoms with E-state index in [1.165, 1.54) is 11.3 Å². The zero-order valence-corrected chi connectivity index (χ0v) is 23.3. The summed E-state index contributed by atoms with van der Waals surface area (Å²) in [5.74, 6) is -0.564. The van der Waals surface area contributed by atoms with Gasteiger partial charge in [0.2, 0.25) is 5.91 Å². The predicted octanol–water partition coefficient (Wildman–Crippen LogP) is 7.74. The molecule has 39 heavy (non-hydrogen) atoms. The molecule has 2 bridgehead atoms. The van der Waals surface area contributed by atoms with Gasteiger partial charge in [-0.1, -0.05) is 94.8 Å². The number of halogens is 1. The first-order valence-electron chi connectivity index (χ1n) is 12.6. The number of hydrogen-bond acceptors (Lipinski definition) is 5. The van der Waals surface area contributed by atoms with Gasteiger partial charge < -0.3 is 5.32 Å². The minimum atomic E-state index is -1.49. The second-order valence-electron chi connectivity index (χ2n) is 10.5. The number of benzene rings is 4. The van der Waals surface area contributed by atoms with E-state index in [4.69, 9.17) is 4.98 Å². The highest BCUT2D eigenvalue weighted by molar-refractivity contribution is 9.10. The molecule has 3 aliphatic carbocycles. The molecule has 1 heterocycles. The summed E-state index contributed by atoms with van der Waals surface area (Å²) in [6, 6.07) is 27.1. The molecule has 1 amide bonds. The molecule has 8 rings (SSSR count). The van der Waals surface area contributed by atoms with Crippen LogP contribution in [0.25, 0.3) is 22.0 Å². The molecule has 0 fully saturated rings. The van der Waals surface area contributed by atoms with Crippen LogP contribution in [0.4, 0.5) is 5.13 Å². The zero-order chi connectivity index (χ0) is 26.9. The number of nitrogens with zero attached hydrogens (tertiary/aromatic N) is 2. The molecule has 0 radical (unpaired) electrons. The van der Waals surface area contributed by atoms with Crippen molar-refractivity contribution in [2.45, 2.75) is 24.8 Å². The minimum absolute atomic E-state index is 0.0765. The van der Waals surface area contributed by atoms with Crippen molar-refractivity contribution in [3.05, 3.63) is 127 Å². The number of fused-ring (bicyclic) bond motifs is 2. The average molecular weight is 597 g/mol. The third kappa shape index (κ3) is 3.31. The number of carbonyl (C=O) groups is 1. The Hall–Kier alpha value is -3.88. The number of carbonyl (C=O) groups excluding carboxylic acids is 1. The molecule has 1 atom stereocenters. The van der Waals surface area contributed by atoms with Crippen LogP contribution in [0.15, 0.2) is 94.8 Å². The van der Waals surface area contributed by atoms with Gasteiger partial charge in [0.15, 0.2) is 5.13 Å². The fraction of sp³-hybridized carbons (Fsp3) is 0.161. The number of aromatic nitrogens is 1. The van der Waals surface area contributed by atoms with Crippen molar-refractivity contribution in [3.8, 4) is 11.3 Å². The second-order valence-corrected chi connectivity index (χ2v) is 12.2. The maximum Gasteiger partial charge on any atom is 0.273 e. The Labute approximate surface area is 237 Å². The number of hydrogen-bond donors (Lipinski definition) is 1. The van der Waals surface area contributed by atoms with Crippen LogP contribution in [-0.4, -0.2) is 15.8 Å². The quantitative estimate of drug-likeness (QED) is 0.170. The minimum Gasteiger partial charge on any atom is -0.301 e. The van der Waals surface area contributed by atoms with Gasteiger partial charge in [-0.05, 0) is 34.9 Å². The highest BCUT2D eigenvalue weighted by Crippen LogP contribution is 2.64. The van der Waals surface area contributed by atoms with E-state index in [-0.39, 0.29) is 23.2 Å². The first-order chi connectivity index (χ1) is 18.8. The molecule has 0 aliphatic heterocycles. The summed E-state index contributed by atoms with van der Waals surface area (Å²) in [6.45, 7) is 1.86. The molecule has 1 aromatic heterocycles. The van der Waals surface area contributed by atoms with Crippen LogP contribution in [0, 0.1) is 15.5 Å². The Balaban J connectivity index is 1.29. The Kier molecular flexibility index (Phi) is 5.31. The number of rotatable bonds is 4. The molecule has 5 aromatic rings. The van der Waals surface area contributed by atoms with Crippen LogP contribution in [0.3, 0.4) is 0 Å². The van der Waals surface area contributed by atoms with Gasteiger partial charge in [0, 0.05) is 43.8 Å². The first kappa shape index (κ1) is 24.2. The normalized spacial score (nSPS) is 22.8. The van der Waals surface area contributed by atoms with E-state index in [0.29, 0.717) is 16.3 Å². The summed E-state index contributed by atoms with van der Waals surface area (Å²) in [4.78, 5) is 31.5. The van der Waals surface area contributed by atoms with Crippen LogP contribution in [0.5, 0.6) is 0 Å². The molecule has 0 spiro atoms. The van der Waals surface area contributed by atoms with Gasteiger partial charge in [0.1, 0.15) is 0 Å². The summed E-state index contributed by atoms with van der Waals surface area (Å²) in [5.41, 5.74) is 2.27. The summed E-state index contributed by atoms with van der Waals surface area (Å²) in [5, 5.41) is 20.5. The summed E-state index contributed by atoms with van der Waals surface area (Å²) < 4.78 is 1.01. The fourth-order valence-corrected chi connectivity index (χ4v) is 7.91. The van der Waals surface area contributed by atoms with Crippen LogP contribution in [0.1, 0.15) is 41.5 Å². The van der Waals surface area contributed by atoms with E-state index in [1.807, 2.05) is 85.1 Å². The largest absolute Gasteiger partial charge is 0.301 e. The predicted molar refractivity (Wildman–Crippen MR) is 157 cm³/mol. The Morgan fingerprint density at radius 3 is 2.26 bits per heavy atom. The standard InChI is InChI=1S/C31H22BrN3O3S/c1-30(17-31(35(37)38)23-12-6-4-10-21(23)27(30)22-11-5-7-13-24(22)31)28(36)34-29-33-26(16-39-29)20-14-15-25(32)19-9-3-2-8-18(19)20/h2-16,27H,17H2,1H3,(H,33,34,36). The number of anilines is 1. The van der Waals surface area contributed by atoms with E-state index < -0.39 is 11.0 Å². The molecule has 0 saturated carbocycles. The van der Waals surface area contributed by atoms with Gasteiger partial charge in [-0.25, -0.2) is 4.98 Å². The maximum absolute atomic E-state index is 14.1. The van der Waals surface area contributed by atoms with E-state index >= 15 is 0 Å². The fourth-order valence-electron chi connectivity index (χ4n) is 6.73. The lowest BCUT2D eigenvalue weighted by Crippen LogP contribution is -2.57. The van der Waals surface area contributed by atoms with Crippen molar-refractivity contribution >= 4 is 49.1 Å². The smallest absolute Gasteiger partial charge is 0.273 e. The average Bonchev–Trinajstić information content (AvgIpc) is 3.41. The molecule has 1 unspecified atom stereocenters. The monoisotopic (exact) mass is 595 g/mol. The highest BCUT2D eigenvalue weighted by Gasteiger charge is 2.67. The first-order valence-corrected chi connectivity index (χ1v) is 14.3. The van der Waals surface area contributed by atoms with Crippen LogP contribution >= 0.6 is 27.3 Å². The van der Waals surface area contributed by atoms with E-state index in [2.05, 4.69) is 33.4 Å². The number of nitrogens with one attached hydrogen (secondary N) is 1. The van der Waals surface area contributed by atoms with Crippen LogP contribution in [-0.2, 0) is 10.3 Å². The Bertz CT molecular complexity index is 1790. The van der Waals surface area contributed by atoms with Crippen molar-refractivity contribution in [2.75, 3.05) is 5.32 Å². The third-order valence-electron chi connectivity index (χ3n) is 8.40. The van der Waals surface area contributed by atoms with Crippen molar-refractivity contribution in [2.24, 2.45) is 5.41 Å². The van der Waals surface area contributed by atoms with E-state index in [1.54, 1.807) is 0 Å². The molecule has 4 aromatic carbocycles. The Morgan fingerprint density at radius 1 is 0.974 bits per heavy atom. The molecule has 8 heteroatoms. The molecular weight excluding hydrogens is 574 g/mol. The lowest BCUT2D eigenvalue weighted by molar-refractivity contribution is -0.573. The molecule has 6 nitrogen and oxygen atoms in total. The van der Waals surface area contributed by atoms with Gasteiger partial charge >= 0.3 is 0 Å². The van der Waals surface area contributed by atoms with Gasteiger partial charge in [-0.3, -0.25) is 14.9 Å². The van der Waals surface area contributed by atoms with Crippen molar-refractivity contribution < 1.29 is 9.72 Å². The van der Waals surface area contributed by atoms with Crippen molar-refractivity contribution in [1.29, 1.82) is 0 Å². The van der Waals surface area contributed by atoms with Crippen molar-refractivity contribution in [1.82, 2.24) is 4.98 Å². The number of amides is 1. The Morgan fingerprint density at radius 2 is 1.59 bits per heavy atom. The van der Waals surface area contributed by atoms with Crippen molar-refractivity contribution in [3.63, 3.8) is 0 Å². The van der Waals surface area contributed by atoms with Crippen LogP contribution < -0.4 is 5.32 Å². The lowest BCUT2D eigenvalue weighted by atomic mass is 9.49.